The predicted molar refractivity (Wildman–Crippen MR) is 147 cm³/mol. The maximum atomic E-state index is 13.4. The van der Waals surface area contributed by atoms with Crippen LogP contribution in [-0.4, -0.2) is 26.8 Å². The first-order valence-electron chi connectivity index (χ1n) is 11.8. The van der Waals surface area contributed by atoms with Crippen molar-refractivity contribution >= 4 is 45.8 Å². The van der Waals surface area contributed by atoms with Gasteiger partial charge in [0, 0.05) is 5.69 Å². The average Bonchev–Trinajstić information content (AvgIpc) is 3.12. The second-order valence-electron chi connectivity index (χ2n) is 9.89. The number of nitrogens with one attached hydrogen (secondary N) is 1. The van der Waals surface area contributed by atoms with Crippen LogP contribution in [0.15, 0.2) is 77.9 Å². The van der Waals surface area contributed by atoms with E-state index in [1.807, 2.05) is 67.6 Å². The maximum absolute atomic E-state index is 13.4. The van der Waals surface area contributed by atoms with Crippen molar-refractivity contribution in [2.24, 2.45) is 5.10 Å². The van der Waals surface area contributed by atoms with Gasteiger partial charge in [-0.15, -0.1) is 0 Å². The molecule has 2 aromatic heterocycles. The summed E-state index contributed by atoms with van der Waals surface area (Å²) >= 11 is 0. The predicted octanol–water partition coefficient (Wildman–Crippen LogP) is 5.91. The first-order valence-corrected chi connectivity index (χ1v) is 11.8. The third kappa shape index (κ3) is 4.43. The zero-order valence-electron chi connectivity index (χ0n) is 20.8. The first kappa shape index (κ1) is 23.2. The van der Waals surface area contributed by atoms with Crippen molar-refractivity contribution in [2.45, 2.75) is 33.1 Å². The van der Waals surface area contributed by atoms with E-state index in [-0.39, 0.29) is 22.7 Å². The monoisotopic (exact) mass is 476 g/mol. The van der Waals surface area contributed by atoms with Gasteiger partial charge in [-0.3, -0.25) is 4.79 Å². The Balaban J connectivity index is 1.60. The third-order valence-corrected chi connectivity index (χ3v) is 6.11. The molecule has 7 heteroatoms. The molecule has 2 heterocycles. The minimum absolute atomic E-state index is 0.0626. The summed E-state index contributed by atoms with van der Waals surface area (Å²) in [5.74, 6) is -0.193. The lowest BCUT2D eigenvalue weighted by atomic mass is 9.87. The number of aryl methyl sites for hydroxylation is 1. The Hall–Kier alpha value is -4.52. The number of aromatic nitrogens is 3. The molecule has 180 valence electrons. The molecular weight excluding hydrogens is 448 g/mol. The number of hydrogen-bond donors (Lipinski definition) is 2. The highest BCUT2D eigenvalue weighted by molar-refractivity contribution is 6.16. The van der Waals surface area contributed by atoms with Crippen LogP contribution >= 0.6 is 0 Å². The van der Waals surface area contributed by atoms with Crippen LogP contribution in [0.2, 0.25) is 0 Å². The summed E-state index contributed by atoms with van der Waals surface area (Å²) in [7, 11) is 0. The van der Waals surface area contributed by atoms with Crippen molar-refractivity contribution in [3.63, 3.8) is 0 Å². The molecule has 0 saturated carbocycles. The van der Waals surface area contributed by atoms with E-state index in [9.17, 15) is 4.79 Å². The van der Waals surface area contributed by atoms with Crippen LogP contribution in [0.4, 0.5) is 11.5 Å². The molecule has 3 N–H and O–H groups in total. The zero-order valence-corrected chi connectivity index (χ0v) is 20.8. The maximum Gasteiger partial charge on any atom is 0.261 e. The Morgan fingerprint density at radius 2 is 1.58 bits per heavy atom. The van der Waals surface area contributed by atoms with Crippen LogP contribution < -0.4 is 11.1 Å². The zero-order chi connectivity index (χ0) is 25.4. The first-order chi connectivity index (χ1) is 17.2. The fraction of sp³-hybridized carbons (Fsp3) is 0.172. The van der Waals surface area contributed by atoms with Crippen molar-refractivity contribution in [3.05, 3.63) is 95.1 Å². The molecule has 0 atom stereocenters. The molecular formula is C29H28N6O. The van der Waals surface area contributed by atoms with E-state index in [4.69, 9.17) is 15.7 Å². The summed E-state index contributed by atoms with van der Waals surface area (Å²) in [5, 5.41) is 7.53. The molecule has 0 aliphatic carbocycles. The van der Waals surface area contributed by atoms with Crippen LogP contribution in [0.5, 0.6) is 0 Å². The topological polar surface area (TPSA) is 98.2 Å². The largest absolute Gasteiger partial charge is 0.383 e. The molecule has 0 saturated heterocycles. The summed E-state index contributed by atoms with van der Waals surface area (Å²) in [6.07, 6.45) is 1.71. The Labute approximate surface area is 209 Å². The Morgan fingerprint density at radius 1 is 0.944 bits per heavy atom. The highest BCUT2D eigenvalue weighted by Gasteiger charge is 2.24. The number of nitrogens with zero attached hydrogens (tertiary/aromatic N) is 4. The Morgan fingerprint density at radius 3 is 2.22 bits per heavy atom. The number of carbonyl (C=O) groups is 1. The molecule has 7 nitrogen and oxygen atoms in total. The number of fused-ring (bicyclic) bond motifs is 2. The molecule has 5 rings (SSSR count). The van der Waals surface area contributed by atoms with Gasteiger partial charge in [0.25, 0.3) is 5.91 Å². The van der Waals surface area contributed by atoms with E-state index in [0.717, 1.165) is 11.1 Å². The van der Waals surface area contributed by atoms with Crippen molar-refractivity contribution in [1.29, 1.82) is 0 Å². The molecule has 0 bridgehead atoms. The number of carbonyl (C=O) groups excluding carboxylic acids is 1. The second-order valence-corrected chi connectivity index (χ2v) is 9.89. The molecule has 0 aliphatic rings. The lowest BCUT2D eigenvalue weighted by Crippen LogP contribution is -2.14. The highest BCUT2D eigenvalue weighted by atomic mass is 16.1. The number of amides is 1. The third-order valence-electron chi connectivity index (χ3n) is 6.11. The highest BCUT2D eigenvalue weighted by Crippen LogP contribution is 2.29. The Bertz CT molecular complexity index is 1610. The van der Waals surface area contributed by atoms with Gasteiger partial charge in [0.15, 0.2) is 5.65 Å². The minimum Gasteiger partial charge on any atom is -0.383 e. The van der Waals surface area contributed by atoms with E-state index in [1.54, 1.807) is 6.21 Å². The molecule has 0 spiro atoms. The summed E-state index contributed by atoms with van der Waals surface area (Å²) in [5.41, 5.74) is 12.9. The molecule has 36 heavy (non-hydrogen) atoms. The van der Waals surface area contributed by atoms with E-state index < -0.39 is 0 Å². The summed E-state index contributed by atoms with van der Waals surface area (Å²) in [6, 6.07) is 23.3. The van der Waals surface area contributed by atoms with Gasteiger partial charge in [-0.05, 0) is 47.7 Å². The number of hydrogen-bond acceptors (Lipinski definition) is 5. The molecule has 0 radical (unpaired) electrons. The fourth-order valence-electron chi connectivity index (χ4n) is 4.01. The average molecular weight is 477 g/mol. The van der Waals surface area contributed by atoms with Crippen LogP contribution in [0.25, 0.3) is 22.2 Å². The Kier molecular flexibility index (Phi) is 5.76. The van der Waals surface area contributed by atoms with E-state index in [0.29, 0.717) is 27.9 Å². The van der Waals surface area contributed by atoms with Gasteiger partial charge in [-0.2, -0.15) is 9.78 Å². The van der Waals surface area contributed by atoms with Gasteiger partial charge in [0.2, 0.25) is 0 Å². The van der Waals surface area contributed by atoms with Crippen LogP contribution in [0.1, 0.15) is 47.8 Å². The van der Waals surface area contributed by atoms with Crippen LogP contribution in [0.3, 0.4) is 0 Å². The quantitative estimate of drug-likeness (QED) is 0.315. The summed E-state index contributed by atoms with van der Waals surface area (Å²) in [6.45, 7) is 8.52. The van der Waals surface area contributed by atoms with Crippen LogP contribution in [0, 0.1) is 6.92 Å². The number of para-hydroxylation sites is 2. The van der Waals surface area contributed by atoms with Gasteiger partial charge >= 0.3 is 0 Å². The fourth-order valence-corrected chi connectivity index (χ4v) is 4.01. The summed E-state index contributed by atoms with van der Waals surface area (Å²) < 4.78 is 1.48. The number of benzene rings is 3. The van der Waals surface area contributed by atoms with Crippen LogP contribution in [-0.2, 0) is 5.41 Å². The lowest BCUT2D eigenvalue weighted by molar-refractivity contribution is 0.102. The minimum atomic E-state index is -0.366. The molecule has 1 amide bonds. The number of nitrogens with two attached hydrogens (primary N) is 1. The number of anilines is 2. The van der Waals surface area contributed by atoms with E-state index in [2.05, 4.69) is 43.3 Å². The molecule has 5 aromatic rings. The van der Waals surface area contributed by atoms with Crippen molar-refractivity contribution in [1.82, 2.24) is 14.6 Å². The molecule has 0 unspecified atom stereocenters. The van der Waals surface area contributed by atoms with Crippen molar-refractivity contribution in [3.8, 4) is 0 Å². The normalized spacial score (nSPS) is 12.0. The van der Waals surface area contributed by atoms with Gasteiger partial charge in [-0.25, -0.2) is 9.97 Å². The van der Waals surface area contributed by atoms with Crippen molar-refractivity contribution in [2.75, 3.05) is 11.1 Å². The molecule has 0 fully saturated rings. The smallest absolute Gasteiger partial charge is 0.261 e. The van der Waals surface area contributed by atoms with Gasteiger partial charge in [0.05, 0.1) is 17.2 Å². The lowest BCUT2D eigenvalue weighted by Gasteiger charge is -2.18. The second kappa shape index (κ2) is 8.92. The van der Waals surface area contributed by atoms with Gasteiger partial charge in [0.1, 0.15) is 16.9 Å². The molecule has 0 aliphatic heterocycles. The van der Waals surface area contributed by atoms with E-state index >= 15 is 0 Å². The van der Waals surface area contributed by atoms with E-state index in [1.165, 1.54) is 10.2 Å². The molecule has 3 aromatic carbocycles. The number of rotatable bonds is 4. The summed E-state index contributed by atoms with van der Waals surface area (Å²) in [4.78, 5) is 22.8. The van der Waals surface area contributed by atoms with Gasteiger partial charge in [-0.1, -0.05) is 74.9 Å². The number of nitrogen functional groups attached to an aromatic ring is 1. The standard InChI is InChI=1S/C29H28N6O/c1-18-9-15-21(16-10-18)32-28(36)24-25-27(34-23-8-6-5-7-22(23)33-25)35(26(24)30)31-17-19-11-13-20(14-12-19)29(2,3)4/h5-17H,30H2,1-4H3,(H,32,36). The van der Waals surface area contributed by atoms with Gasteiger partial charge < -0.3 is 11.1 Å². The van der Waals surface area contributed by atoms with Crippen molar-refractivity contribution < 1.29 is 4.79 Å². The SMILES string of the molecule is Cc1ccc(NC(=O)c2c(N)n(N=Cc3ccc(C(C)(C)C)cc3)c3nc4ccccc4nc23)cc1.